The number of carbonyl (C=O) groups excluding carboxylic acids is 2. The van der Waals surface area contributed by atoms with Gasteiger partial charge < -0.3 is 19.3 Å². The molecular formula is C26H24N4O6. The summed E-state index contributed by atoms with van der Waals surface area (Å²) in [6, 6.07) is 11.2. The Morgan fingerprint density at radius 3 is 2.47 bits per heavy atom. The summed E-state index contributed by atoms with van der Waals surface area (Å²) in [5.74, 6) is -1.33. The minimum atomic E-state index is -0.898. The molecule has 1 aliphatic heterocycles. The van der Waals surface area contributed by atoms with Gasteiger partial charge >= 0.3 is 0 Å². The molecule has 0 aliphatic carbocycles. The largest absolute Gasteiger partial charge is 0.507 e. The van der Waals surface area contributed by atoms with Crippen molar-refractivity contribution in [2.75, 3.05) is 13.2 Å². The van der Waals surface area contributed by atoms with Gasteiger partial charge in [-0.05, 0) is 48.4 Å². The first-order chi connectivity index (χ1) is 17.4. The van der Waals surface area contributed by atoms with E-state index in [2.05, 4.69) is 11.6 Å². The van der Waals surface area contributed by atoms with Gasteiger partial charge in [-0.2, -0.15) is 0 Å². The molecule has 2 aromatic carbocycles. The number of hydrogen-bond donors (Lipinski definition) is 1. The average Bonchev–Trinajstić information content (AvgIpc) is 3.50. The van der Waals surface area contributed by atoms with Crippen molar-refractivity contribution in [1.29, 1.82) is 0 Å². The maximum absolute atomic E-state index is 13.1. The topological polar surface area (TPSA) is 128 Å². The van der Waals surface area contributed by atoms with E-state index in [9.17, 15) is 24.8 Å². The number of aromatic nitrogens is 2. The zero-order valence-corrected chi connectivity index (χ0v) is 19.3. The zero-order chi connectivity index (χ0) is 25.7. The SMILES string of the molecule is C=CCOc1ccc(/C(O)=C2/C(=O)C(=O)N(CCCn3ccnc3)C2c2ccc([N+](=O)[O-])cc2)cc1. The van der Waals surface area contributed by atoms with E-state index in [0.29, 0.717) is 36.4 Å². The number of ether oxygens (including phenoxy) is 1. The number of ketones is 1. The van der Waals surface area contributed by atoms with Crippen molar-refractivity contribution in [3.63, 3.8) is 0 Å². The van der Waals surface area contributed by atoms with Crippen LogP contribution in [0.1, 0.15) is 23.6 Å². The molecule has 1 fully saturated rings. The van der Waals surface area contributed by atoms with Crippen molar-refractivity contribution in [1.82, 2.24) is 14.5 Å². The fourth-order valence-corrected chi connectivity index (χ4v) is 4.10. The van der Waals surface area contributed by atoms with E-state index < -0.39 is 22.7 Å². The number of likely N-dealkylation sites (tertiary alicyclic amines) is 1. The maximum atomic E-state index is 13.1. The number of Topliss-reactive ketones (excluding diaryl/α,β-unsaturated/α-hetero) is 1. The predicted octanol–water partition coefficient (Wildman–Crippen LogP) is 3.87. The monoisotopic (exact) mass is 488 g/mol. The first-order valence-electron chi connectivity index (χ1n) is 11.2. The van der Waals surface area contributed by atoms with Gasteiger partial charge in [0.1, 0.15) is 18.1 Å². The standard InChI is InChI=1S/C26H24N4O6/c1-2-16-36-21-10-6-19(7-11-21)24(31)22-23(18-4-8-20(9-5-18)30(34)35)29(26(33)25(22)32)14-3-13-28-15-12-27-17-28/h2,4-12,15,17,23,31H,1,3,13-14,16H2/b24-22-. The lowest BCUT2D eigenvalue weighted by molar-refractivity contribution is -0.384. The van der Waals surface area contributed by atoms with Crippen LogP contribution in [0.3, 0.4) is 0 Å². The number of rotatable bonds is 10. The summed E-state index contributed by atoms with van der Waals surface area (Å²) in [6.07, 6.45) is 7.24. The average molecular weight is 489 g/mol. The summed E-state index contributed by atoms with van der Waals surface area (Å²) >= 11 is 0. The van der Waals surface area contributed by atoms with Crippen molar-refractivity contribution < 1.29 is 24.4 Å². The van der Waals surface area contributed by atoms with E-state index in [1.165, 1.54) is 29.2 Å². The molecule has 3 aromatic rings. The number of hydrogen-bond acceptors (Lipinski definition) is 7. The van der Waals surface area contributed by atoms with E-state index in [4.69, 9.17) is 4.74 Å². The maximum Gasteiger partial charge on any atom is 0.295 e. The second-order valence-corrected chi connectivity index (χ2v) is 8.12. The number of carbonyl (C=O) groups is 2. The van der Waals surface area contributed by atoms with Crippen LogP contribution in [0.4, 0.5) is 5.69 Å². The number of nitro benzene ring substituents is 1. The number of amides is 1. The van der Waals surface area contributed by atoms with E-state index in [1.54, 1.807) is 49.1 Å². The Kier molecular flexibility index (Phi) is 7.24. The molecule has 1 N–H and O–H groups in total. The highest BCUT2D eigenvalue weighted by atomic mass is 16.6. The van der Waals surface area contributed by atoms with Crippen LogP contribution in [-0.4, -0.2) is 49.3 Å². The smallest absolute Gasteiger partial charge is 0.295 e. The minimum absolute atomic E-state index is 0.0729. The number of benzene rings is 2. The van der Waals surface area contributed by atoms with E-state index in [0.717, 1.165) is 0 Å². The third-order valence-electron chi connectivity index (χ3n) is 5.83. The Balaban J connectivity index is 1.70. The van der Waals surface area contributed by atoms with E-state index >= 15 is 0 Å². The molecule has 2 heterocycles. The molecule has 0 saturated carbocycles. The first-order valence-corrected chi connectivity index (χ1v) is 11.2. The minimum Gasteiger partial charge on any atom is -0.507 e. The molecule has 1 atom stereocenters. The Bertz CT molecular complexity index is 1300. The third kappa shape index (κ3) is 5.02. The summed E-state index contributed by atoms with van der Waals surface area (Å²) < 4.78 is 7.31. The number of non-ortho nitro benzene ring substituents is 1. The van der Waals surface area contributed by atoms with Crippen LogP contribution in [0.2, 0.25) is 0 Å². The number of aryl methyl sites for hydroxylation is 1. The van der Waals surface area contributed by atoms with Gasteiger partial charge in [0.2, 0.25) is 0 Å². The lowest BCUT2D eigenvalue weighted by Crippen LogP contribution is -2.31. The van der Waals surface area contributed by atoms with Crippen molar-refractivity contribution in [3.05, 3.63) is 107 Å². The molecule has 184 valence electrons. The van der Waals surface area contributed by atoms with Crippen LogP contribution in [-0.2, 0) is 16.1 Å². The fourth-order valence-electron chi connectivity index (χ4n) is 4.10. The second kappa shape index (κ2) is 10.7. The van der Waals surface area contributed by atoms with E-state index in [-0.39, 0.29) is 23.6 Å². The third-order valence-corrected chi connectivity index (χ3v) is 5.83. The Hall–Kier alpha value is -4.73. The summed E-state index contributed by atoms with van der Waals surface area (Å²) in [6.45, 7) is 4.71. The molecule has 1 aromatic heterocycles. The van der Waals surface area contributed by atoms with Gasteiger partial charge in [0, 0.05) is 43.2 Å². The Labute approximate surface area is 206 Å². The number of imidazole rings is 1. The second-order valence-electron chi connectivity index (χ2n) is 8.12. The molecule has 10 nitrogen and oxygen atoms in total. The zero-order valence-electron chi connectivity index (χ0n) is 19.3. The van der Waals surface area contributed by atoms with Crippen LogP contribution in [0.15, 0.2) is 85.5 Å². The first kappa shape index (κ1) is 24.4. The van der Waals surface area contributed by atoms with Gasteiger partial charge in [-0.25, -0.2) is 4.98 Å². The fraction of sp³-hybridized carbons (Fsp3) is 0.192. The van der Waals surface area contributed by atoms with Crippen LogP contribution in [0.5, 0.6) is 5.75 Å². The highest BCUT2D eigenvalue weighted by Crippen LogP contribution is 2.40. The van der Waals surface area contributed by atoms with Gasteiger partial charge in [-0.15, -0.1) is 0 Å². The Morgan fingerprint density at radius 1 is 1.14 bits per heavy atom. The number of aliphatic hydroxyl groups excluding tert-OH is 1. The van der Waals surface area contributed by atoms with Crippen LogP contribution in [0, 0.1) is 10.1 Å². The summed E-state index contributed by atoms with van der Waals surface area (Å²) in [4.78, 5) is 42.2. The van der Waals surface area contributed by atoms with Gasteiger partial charge in [0.25, 0.3) is 17.4 Å². The summed E-state index contributed by atoms with van der Waals surface area (Å²) in [5.41, 5.74) is 0.626. The van der Waals surface area contributed by atoms with Crippen molar-refractivity contribution >= 4 is 23.1 Å². The molecule has 4 rings (SSSR count). The lowest BCUT2D eigenvalue weighted by atomic mass is 9.95. The normalized spacial score (nSPS) is 16.8. The highest BCUT2D eigenvalue weighted by Gasteiger charge is 2.45. The molecule has 36 heavy (non-hydrogen) atoms. The molecule has 1 amide bonds. The quantitative estimate of drug-likeness (QED) is 0.115. The molecule has 0 bridgehead atoms. The molecule has 0 spiro atoms. The molecule has 1 aliphatic rings. The molecular weight excluding hydrogens is 464 g/mol. The van der Waals surface area contributed by atoms with Gasteiger partial charge in [-0.1, -0.05) is 12.7 Å². The van der Waals surface area contributed by atoms with E-state index in [1.807, 2.05) is 4.57 Å². The Morgan fingerprint density at radius 2 is 1.86 bits per heavy atom. The van der Waals surface area contributed by atoms with Crippen LogP contribution < -0.4 is 4.74 Å². The predicted molar refractivity (Wildman–Crippen MR) is 131 cm³/mol. The van der Waals surface area contributed by atoms with Gasteiger partial charge in [0.05, 0.1) is 22.9 Å². The summed E-state index contributed by atoms with van der Waals surface area (Å²) in [7, 11) is 0. The van der Waals surface area contributed by atoms with Gasteiger partial charge in [0.15, 0.2) is 0 Å². The summed E-state index contributed by atoms with van der Waals surface area (Å²) in [5, 5.41) is 22.3. The number of aliphatic hydroxyl groups is 1. The van der Waals surface area contributed by atoms with Crippen molar-refractivity contribution in [2.45, 2.75) is 19.0 Å². The van der Waals surface area contributed by atoms with Crippen molar-refractivity contribution in [2.24, 2.45) is 0 Å². The van der Waals surface area contributed by atoms with Crippen LogP contribution in [0.25, 0.3) is 5.76 Å². The number of nitro groups is 1. The molecule has 0 radical (unpaired) electrons. The lowest BCUT2D eigenvalue weighted by Gasteiger charge is -2.25. The van der Waals surface area contributed by atoms with Crippen molar-refractivity contribution in [3.8, 4) is 5.75 Å². The molecule has 10 heteroatoms. The highest BCUT2D eigenvalue weighted by molar-refractivity contribution is 6.46. The molecule has 1 unspecified atom stereocenters. The molecule has 1 saturated heterocycles. The van der Waals surface area contributed by atoms with Crippen LogP contribution >= 0.6 is 0 Å². The number of nitrogens with zero attached hydrogens (tertiary/aromatic N) is 4. The van der Waals surface area contributed by atoms with Gasteiger partial charge in [-0.3, -0.25) is 19.7 Å².